The van der Waals surface area contributed by atoms with Gasteiger partial charge in [0.05, 0.1) is 18.9 Å². The first kappa shape index (κ1) is 12.1. The summed E-state index contributed by atoms with van der Waals surface area (Å²) in [5.74, 6) is 0. The van der Waals surface area contributed by atoms with Gasteiger partial charge in [-0.15, -0.1) is 0 Å². The van der Waals surface area contributed by atoms with E-state index in [0.29, 0.717) is 19.8 Å². The van der Waals surface area contributed by atoms with Crippen LogP contribution in [-0.4, -0.2) is 31.8 Å². The minimum Gasteiger partial charge on any atom is -0.390 e. The molecule has 1 aromatic carbocycles. The maximum Gasteiger partial charge on any atom is 0.194 e. The minimum atomic E-state index is -0.274. The standard InChI is InChI=1S/C13H17NO3/c1-10-3-5-12(6-4-10)11(2)14-17-9-13-15-7-8-16-13/h3-6,13H,7-9H2,1-2H3/b14-11+. The SMILES string of the molecule is C/C(=N\OCC1OCCO1)c1ccc(C)cc1. The molecule has 0 atom stereocenters. The van der Waals surface area contributed by atoms with Crippen LogP contribution in [0.2, 0.25) is 0 Å². The Balaban J connectivity index is 1.85. The van der Waals surface area contributed by atoms with E-state index in [0.717, 1.165) is 11.3 Å². The van der Waals surface area contributed by atoms with Crippen LogP contribution in [-0.2, 0) is 14.3 Å². The third-order valence-corrected chi connectivity index (χ3v) is 2.57. The van der Waals surface area contributed by atoms with Gasteiger partial charge < -0.3 is 14.3 Å². The van der Waals surface area contributed by atoms with E-state index in [9.17, 15) is 0 Å². The average Bonchev–Trinajstić information content (AvgIpc) is 2.83. The van der Waals surface area contributed by atoms with Gasteiger partial charge in [-0.1, -0.05) is 35.0 Å². The van der Waals surface area contributed by atoms with E-state index in [1.807, 2.05) is 19.1 Å². The molecule has 0 aromatic heterocycles. The van der Waals surface area contributed by atoms with Gasteiger partial charge in [-0.25, -0.2) is 0 Å². The van der Waals surface area contributed by atoms with Gasteiger partial charge in [0, 0.05) is 0 Å². The Kier molecular flexibility index (Phi) is 4.12. The van der Waals surface area contributed by atoms with E-state index in [-0.39, 0.29) is 6.29 Å². The molecule has 1 saturated heterocycles. The van der Waals surface area contributed by atoms with E-state index >= 15 is 0 Å². The number of benzene rings is 1. The molecule has 1 fully saturated rings. The molecule has 0 aliphatic carbocycles. The molecule has 2 rings (SSSR count). The molecular weight excluding hydrogens is 218 g/mol. The molecule has 0 N–H and O–H groups in total. The van der Waals surface area contributed by atoms with Crippen LogP contribution in [0.25, 0.3) is 0 Å². The van der Waals surface area contributed by atoms with Crippen LogP contribution in [0.3, 0.4) is 0 Å². The quantitative estimate of drug-likeness (QED) is 0.592. The molecule has 0 bridgehead atoms. The first-order chi connectivity index (χ1) is 8.25. The molecule has 1 aromatic rings. The summed E-state index contributed by atoms with van der Waals surface area (Å²) in [7, 11) is 0. The molecule has 17 heavy (non-hydrogen) atoms. The van der Waals surface area contributed by atoms with Crippen LogP contribution >= 0.6 is 0 Å². The molecule has 4 heteroatoms. The van der Waals surface area contributed by atoms with E-state index in [1.165, 1.54) is 5.56 Å². The molecule has 0 amide bonds. The highest BCUT2D eigenvalue weighted by Crippen LogP contribution is 2.07. The Morgan fingerprint density at radius 3 is 2.59 bits per heavy atom. The lowest BCUT2D eigenvalue weighted by Gasteiger charge is -2.07. The Hall–Kier alpha value is -1.39. The predicted octanol–water partition coefficient (Wildman–Crippen LogP) is 2.11. The third-order valence-electron chi connectivity index (χ3n) is 2.57. The van der Waals surface area contributed by atoms with Gasteiger partial charge in [-0.05, 0) is 19.4 Å². The van der Waals surface area contributed by atoms with Crippen molar-refractivity contribution in [2.45, 2.75) is 20.1 Å². The van der Waals surface area contributed by atoms with Gasteiger partial charge >= 0.3 is 0 Å². The number of hydrogen-bond donors (Lipinski definition) is 0. The lowest BCUT2D eigenvalue weighted by molar-refractivity contribution is -0.0934. The number of ether oxygens (including phenoxy) is 2. The predicted molar refractivity (Wildman–Crippen MR) is 65.0 cm³/mol. The fourth-order valence-corrected chi connectivity index (χ4v) is 1.55. The fourth-order valence-electron chi connectivity index (χ4n) is 1.55. The van der Waals surface area contributed by atoms with Crippen molar-refractivity contribution in [2.75, 3.05) is 19.8 Å². The number of aryl methyl sites for hydroxylation is 1. The highest BCUT2D eigenvalue weighted by Gasteiger charge is 2.16. The lowest BCUT2D eigenvalue weighted by Crippen LogP contribution is -2.14. The zero-order valence-corrected chi connectivity index (χ0v) is 10.2. The van der Waals surface area contributed by atoms with Crippen LogP contribution in [0.4, 0.5) is 0 Å². The zero-order valence-electron chi connectivity index (χ0n) is 10.2. The molecule has 1 aliphatic heterocycles. The normalized spacial score (nSPS) is 17.4. The Morgan fingerprint density at radius 2 is 1.94 bits per heavy atom. The van der Waals surface area contributed by atoms with Crippen molar-refractivity contribution in [3.63, 3.8) is 0 Å². The summed E-state index contributed by atoms with van der Waals surface area (Å²) in [4.78, 5) is 5.20. The lowest BCUT2D eigenvalue weighted by atomic mass is 10.1. The summed E-state index contributed by atoms with van der Waals surface area (Å²) >= 11 is 0. The summed E-state index contributed by atoms with van der Waals surface area (Å²) in [5.41, 5.74) is 3.14. The average molecular weight is 235 g/mol. The molecule has 1 heterocycles. The zero-order chi connectivity index (χ0) is 12.1. The van der Waals surface area contributed by atoms with Gasteiger partial charge in [0.1, 0.15) is 0 Å². The number of oxime groups is 1. The fraction of sp³-hybridized carbons (Fsp3) is 0.462. The topological polar surface area (TPSA) is 40.0 Å². The van der Waals surface area contributed by atoms with Crippen LogP contribution in [0.15, 0.2) is 29.4 Å². The van der Waals surface area contributed by atoms with Crippen LogP contribution in [0.1, 0.15) is 18.1 Å². The smallest absolute Gasteiger partial charge is 0.194 e. The molecule has 4 nitrogen and oxygen atoms in total. The summed E-state index contributed by atoms with van der Waals surface area (Å²) in [5, 5.41) is 4.04. The molecule has 0 saturated carbocycles. The van der Waals surface area contributed by atoms with Gasteiger partial charge in [-0.3, -0.25) is 0 Å². The van der Waals surface area contributed by atoms with Crippen molar-refractivity contribution >= 4 is 5.71 Å². The van der Waals surface area contributed by atoms with Gasteiger partial charge in [0.15, 0.2) is 12.9 Å². The minimum absolute atomic E-state index is 0.274. The Morgan fingerprint density at radius 1 is 1.29 bits per heavy atom. The summed E-state index contributed by atoms with van der Waals surface area (Å²) in [6, 6.07) is 8.16. The second-order valence-corrected chi connectivity index (χ2v) is 4.01. The van der Waals surface area contributed by atoms with Gasteiger partial charge in [0.2, 0.25) is 0 Å². The van der Waals surface area contributed by atoms with Gasteiger partial charge in [-0.2, -0.15) is 0 Å². The summed E-state index contributed by atoms with van der Waals surface area (Å²) in [6.07, 6.45) is -0.274. The molecule has 0 radical (unpaired) electrons. The highest BCUT2D eigenvalue weighted by molar-refractivity contribution is 5.98. The van der Waals surface area contributed by atoms with Crippen LogP contribution in [0, 0.1) is 6.92 Å². The number of rotatable bonds is 4. The van der Waals surface area contributed by atoms with E-state index in [2.05, 4.69) is 24.2 Å². The maximum atomic E-state index is 5.24. The highest BCUT2D eigenvalue weighted by atomic mass is 16.7. The Bertz CT molecular complexity index is 380. The number of hydrogen-bond acceptors (Lipinski definition) is 4. The second kappa shape index (κ2) is 5.80. The molecule has 1 aliphatic rings. The van der Waals surface area contributed by atoms with Crippen molar-refractivity contribution in [3.05, 3.63) is 35.4 Å². The van der Waals surface area contributed by atoms with Crippen molar-refractivity contribution < 1.29 is 14.3 Å². The summed E-state index contributed by atoms with van der Waals surface area (Å²) in [6.45, 7) is 5.58. The Labute approximate surface area is 101 Å². The summed E-state index contributed by atoms with van der Waals surface area (Å²) < 4.78 is 10.5. The van der Waals surface area contributed by atoms with Crippen LogP contribution in [0.5, 0.6) is 0 Å². The largest absolute Gasteiger partial charge is 0.390 e. The maximum absolute atomic E-state index is 5.24. The van der Waals surface area contributed by atoms with Crippen molar-refractivity contribution in [3.8, 4) is 0 Å². The first-order valence-electron chi connectivity index (χ1n) is 5.72. The van der Waals surface area contributed by atoms with Crippen LogP contribution < -0.4 is 0 Å². The molecule has 92 valence electrons. The monoisotopic (exact) mass is 235 g/mol. The molecule has 0 unspecified atom stereocenters. The first-order valence-corrected chi connectivity index (χ1v) is 5.72. The van der Waals surface area contributed by atoms with E-state index in [4.69, 9.17) is 14.3 Å². The second-order valence-electron chi connectivity index (χ2n) is 4.01. The molecular formula is C13H17NO3. The van der Waals surface area contributed by atoms with E-state index < -0.39 is 0 Å². The third kappa shape index (κ3) is 3.54. The van der Waals surface area contributed by atoms with Crippen molar-refractivity contribution in [2.24, 2.45) is 5.16 Å². The van der Waals surface area contributed by atoms with E-state index in [1.54, 1.807) is 0 Å². The van der Waals surface area contributed by atoms with Crippen molar-refractivity contribution in [1.29, 1.82) is 0 Å². The molecule has 0 spiro atoms. The van der Waals surface area contributed by atoms with Crippen molar-refractivity contribution in [1.82, 2.24) is 0 Å². The number of nitrogens with zero attached hydrogens (tertiary/aromatic N) is 1. The van der Waals surface area contributed by atoms with Gasteiger partial charge in [0.25, 0.3) is 0 Å².